The van der Waals surface area contributed by atoms with Crippen LogP contribution < -0.4 is 19.8 Å². The molecule has 252 valence electrons. The van der Waals surface area contributed by atoms with Crippen molar-refractivity contribution in [3.8, 4) is 28.6 Å². The number of nitrogens with zero attached hydrogens (tertiary/aromatic N) is 5. The first-order chi connectivity index (χ1) is 23.1. The van der Waals surface area contributed by atoms with E-state index in [-0.39, 0.29) is 35.5 Å². The van der Waals surface area contributed by atoms with Crippen LogP contribution in [-0.2, 0) is 9.53 Å². The van der Waals surface area contributed by atoms with Crippen LogP contribution in [0, 0.1) is 17.0 Å². The number of ether oxygens (including phenoxy) is 4. The average Bonchev–Trinajstić information content (AvgIpc) is 3.07. The van der Waals surface area contributed by atoms with Gasteiger partial charge < -0.3 is 23.8 Å². The third kappa shape index (κ3) is 7.31. The minimum atomic E-state index is -0.611. The molecule has 1 saturated heterocycles. The number of nitro benzene ring substituents is 1. The second kappa shape index (κ2) is 15.1. The molecule has 0 bridgehead atoms. The predicted molar refractivity (Wildman–Crippen MR) is 182 cm³/mol. The lowest BCUT2D eigenvalue weighted by Gasteiger charge is -2.26. The molecule has 3 aromatic carbocycles. The van der Waals surface area contributed by atoms with E-state index in [1.54, 1.807) is 30.0 Å². The summed E-state index contributed by atoms with van der Waals surface area (Å²) in [5.74, 6) is 0.766. The molecule has 1 amide bonds. The van der Waals surface area contributed by atoms with Crippen molar-refractivity contribution >= 4 is 28.7 Å². The molecular formula is C35H39N5O8. The number of rotatable bonds is 12. The van der Waals surface area contributed by atoms with Gasteiger partial charge in [0.25, 0.3) is 11.5 Å². The highest BCUT2D eigenvalue weighted by atomic mass is 16.6. The minimum Gasteiger partial charge on any atom is -0.494 e. The number of fused-ring (bicyclic) bond motifs is 1. The number of carbonyl (C=O) groups excluding carboxylic acids is 1. The fourth-order valence-electron chi connectivity index (χ4n) is 5.46. The Morgan fingerprint density at radius 1 is 1.06 bits per heavy atom. The van der Waals surface area contributed by atoms with Crippen molar-refractivity contribution in [1.82, 2.24) is 14.6 Å². The first-order valence-electron chi connectivity index (χ1n) is 15.9. The molecule has 13 heteroatoms. The number of morpholine rings is 1. The van der Waals surface area contributed by atoms with E-state index < -0.39 is 22.8 Å². The van der Waals surface area contributed by atoms with E-state index in [1.807, 2.05) is 32.0 Å². The molecule has 0 N–H and O–H groups in total. The molecule has 5 rings (SSSR count). The number of hydrogen-bond donors (Lipinski definition) is 0. The number of para-hydroxylation sites is 1. The van der Waals surface area contributed by atoms with Crippen molar-refractivity contribution in [3.05, 3.63) is 85.7 Å². The minimum absolute atomic E-state index is 0.0658. The molecule has 1 aliphatic heterocycles. The first kappa shape index (κ1) is 34.0. The maximum absolute atomic E-state index is 13.9. The number of aromatic nitrogens is 2. The molecule has 0 aliphatic carbocycles. The highest BCUT2D eigenvalue weighted by molar-refractivity contribution is 5.85. The van der Waals surface area contributed by atoms with Gasteiger partial charge in [0.2, 0.25) is 5.75 Å². The lowest BCUT2D eigenvalue weighted by molar-refractivity contribution is -0.385. The van der Waals surface area contributed by atoms with Gasteiger partial charge in [0, 0.05) is 30.3 Å². The highest BCUT2D eigenvalue weighted by Gasteiger charge is 2.25. The largest absolute Gasteiger partial charge is 0.494 e. The van der Waals surface area contributed by atoms with Gasteiger partial charge in [0.15, 0.2) is 18.2 Å². The van der Waals surface area contributed by atoms with Crippen molar-refractivity contribution in [2.45, 2.75) is 40.5 Å². The average molecular weight is 658 g/mol. The van der Waals surface area contributed by atoms with Crippen LogP contribution in [0.15, 0.2) is 58.4 Å². The van der Waals surface area contributed by atoms with Gasteiger partial charge in [-0.1, -0.05) is 26.0 Å². The normalized spacial score (nSPS) is 13.3. The number of nitro groups is 1. The fourth-order valence-corrected chi connectivity index (χ4v) is 5.46. The van der Waals surface area contributed by atoms with Gasteiger partial charge in [-0.25, -0.2) is 4.98 Å². The zero-order valence-electron chi connectivity index (χ0n) is 27.7. The first-order valence-corrected chi connectivity index (χ1v) is 15.9. The Balaban J connectivity index is 1.60. The monoisotopic (exact) mass is 657 g/mol. The van der Waals surface area contributed by atoms with Gasteiger partial charge in [0.1, 0.15) is 5.75 Å². The van der Waals surface area contributed by atoms with Gasteiger partial charge in [-0.2, -0.15) is 9.78 Å². The molecule has 0 unspecified atom stereocenters. The SMILES string of the molecule is CCOc1cc(C)c(-c2nc3ccccc3c(=O)n2N=Cc2cc(OCC)c(OCC(=O)N3CCOCC3)c([N+](=O)[O-])c2)cc1C(C)C. The van der Waals surface area contributed by atoms with E-state index in [9.17, 15) is 19.7 Å². The van der Waals surface area contributed by atoms with Crippen molar-refractivity contribution in [1.29, 1.82) is 0 Å². The Morgan fingerprint density at radius 3 is 2.46 bits per heavy atom. The quantitative estimate of drug-likeness (QED) is 0.112. The number of hydrogen-bond acceptors (Lipinski definition) is 10. The standard InChI is InChI=1S/C35H39N5O8/c1-6-46-30-16-23(5)27(19-26(30)22(3)4)34-37-28-11-9-8-10-25(28)35(42)39(34)36-20-24-17-29(40(43)44)33(31(18-24)47-7-2)48-21-32(41)38-12-14-45-15-13-38/h8-11,16-20,22H,6-7,12-15,21H2,1-5H3. The Hall–Kier alpha value is -5.30. The summed E-state index contributed by atoms with van der Waals surface area (Å²) in [5.41, 5.74) is 2.43. The van der Waals surface area contributed by atoms with E-state index in [1.165, 1.54) is 23.0 Å². The van der Waals surface area contributed by atoms with Crippen LogP contribution in [0.1, 0.15) is 50.3 Å². The Labute approximate surface area is 277 Å². The summed E-state index contributed by atoms with van der Waals surface area (Å²) in [5, 5.41) is 17.1. The molecule has 4 aromatic rings. The number of aryl methyl sites for hydroxylation is 1. The Morgan fingerprint density at radius 2 is 1.77 bits per heavy atom. The summed E-state index contributed by atoms with van der Waals surface area (Å²) in [6.45, 7) is 11.6. The third-order valence-corrected chi connectivity index (χ3v) is 7.85. The zero-order chi connectivity index (χ0) is 34.4. The third-order valence-electron chi connectivity index (χ3n) is 7.85. The maximum atomic E-state index is 13.9. The van der Waals surface area contributed by atoms with Crippen LogP contribution in [-0.4, -0.2) is 77.7 Å². The topological polar surface area (TPSA) is 148 Å². The molecule has 2 heterocycles. The summed E-state index contributed by atoms with van der Waals surface area (Å²) < 4.78 is 23.8. The summed E-state index contributed by atoms with van der Waals surface area (Å²) in [7, 11) is 0. The van der Waals surface area contributed by atoms with Crippen LogP contribution in [0.5, 0.6) is 17.2 Å². The van der Waals surface area contributed by atoms with Crippen LogP contribution >= 0.6 is 0 Å². The van der Waals surface area contributed by atoms with Crippen molar-refractivity contribution in [2.24, 2.45) is 5.10 Å². The molecular weight excluding hydrogens is 618 g/mol. The van der Waals surface area contributed by atoms with Gasteiger partial charge in [-0.3, -0.25) is 19.7 Å². The smallest absolute Gasteiger partial charge is 0.315 e. The van der Waals surface area contributed by atoms with E-state index in [2.05, 4.69) is 18.9 Å². The second-order valence-electron chi connectivity index (χ2n) is 11.4. The summed E-state index contributed by atoms with van der Waals surface area (Å²) in [4.78, 5) is 44.7. The van der Waals surface area contributed by atoms with Crippen molar-refractivity contribution in [2.75, 3.05) is 46.1 Å². The molecule has 48 heavy (non-hydrogen) atoms. The van der Waals surface area contributed by atoms with Crippen molar-refractivity contribution < 1.29 is 28.7 Å². The lowest BCUT2D eigenvalue weighted by Crippen LogP contribution is -2.43. The van der Waals surface area contributed by atoms with Gasteiger partial charge >= 0.3 is 5.69 Å². The molecule has 13 nitrogen and oxygen atoms in total. The summed E-state index contributed by atoms with van der Waals surface area (Å²) in [6, 6.07) is 13.7. The van der Waals surface area contributed by atoms with E-state index in [0.717, 1.165) is 16.9 Å². The van der Waals surface area contributed by atoms with Crippen LogP contribution in [0.3, 0.4) is 0 Å². The highest BCUT2D eigenvalue weighted by Crippen LogP contribution is 2.39. The number of amides is 1. The predicted octanol–water partition coefficient (Wildman–Crippen LogP) is 5.32. The van der Waals surface area contributed by atoms with Crippen LogP contribution in [0.25, 0.3) is 22.3 Å². The number of carbonyl (C=O) groups is 1. The van der Waals surface area contributed by atoms with Crippen molar-refractivity contribution in [3.63, 3.8) is 0 Å². The maximum Gasteiger partial charge on any atom is 0.315 e. The van der Waals surface area contributed by atoms with E-state index >= 15 is 0 Å². The molecule has 0 saturated carbocycles. The Kier molecular flexibility index (Phi) is 10.7. The van der Waals surface area contributed by atoms with Gasteiger partial charge in [-0.05, 0) is 68.1 Å². The lowest BCUT2D eigenvalue weighted by atomic mass is 9.96. The molecule has 0 atom stereocenters. The van der Waals surface area contributed by atoms with Gasteiger partial charge in [-0.15, -0.1) is 0 Å². The van der Waals surface area contributed by atoms with Crippen LogP contribution in [0.4, 0.5) is 5.69 Å². The number of benzene rings is 3. The second-order valence-corrected chi connectivity index (χ2v) is 11.4. The van der Waals surface area contributed by atoms with E-state index in [4.69, 9.17) is 23.9 Å². The van der Waals surface area contributed by atoms with E-state index in [0.29, 0.717) is 55.2 Å². The zero-order valence-corrected chi connectivity index (χ0v) is 27.7. The molecule has 0 radical (unpaired) electrons. The summed E-state index contributed by atoms with van der Waals surface area (Å²) in [6.07, 6.45) is 1.34. The molecule has 1 fully saturated rings. The van der Waals surface area contributed by atoms with Gasteiger partial charge in [0.05, 0.1) is 48.5 Å². The molecule has 0 spiro atoms. The fraction of sp³-hybridized carbons (Fsp3) is 0.371. The molecule has 1 aromatic heterocycles. The summed E-state index contributed by atoms with van der Waals surface area (Å²) >= 11 is 0. The Bertz CT molecular complexity index is 1910. The molecule has 1 aliphatic rings. The van der Waals surface area contributed by atoms with Crippen LogP contribution in [0.2, 0.25) is 0 Å².